The van der Waals surface area contributed by atoms with Crippen LogP contribution in [0.25, 0.3) is 0 Å². The maximum atomic E-state index is 13.1. The van der Waals surface area contributed by atoms with Crippen LogP contribution < -0.4 is 0 Å². The molecule has 0 spiro atoms. The summed E-state index contributed by atoms with van der Waals surface area (Å²) in [5, 5.41) is 0. The minimum Gasteiger partial charge on any atom is -0.339 e. The van der Waals surface area contributed by atoms with Crippen molar-refractivity contribution in [1.82, 2.24) is 9.80 Å². The molecular weight excluding hydrogens is 416 g/mol. The molecule has 3 heteroatoms. The molecule has 0 aliphatic heterocycles. The molecule has 4 fully saturated rings. The molecule has 4 aliphatic rings. The lowest BCUT2D eigenvalue weighted by Gasteiger charge is -2.62. The zero-order valence-corrected chi connectivity index (χ0v) is 22.6. The monoisotopic (exact) mass is 464 g/mol. The van der Waals surface area contributed by atoms with Crippen molar-refractivity contribution in [3.05, 3.63) is 35.9 Å². The van der Waals surface area contributed by atoms with Crippen molar-refractivity contribution < 1.29 is 4.79 Å². The van der Waals surface area contributed by atoms with E-state index in [2.05, 4.69) is 44.7 Å². The molecule has 9 atom stereocenters. The normalized spacial score (nSPS) is 42.4. The highest BCUT2D eigenvalue weighted by atomic mass is 16.2. The predicted octanol–water partition coefficient (Wildman–Crippen LogP) is 6.74. The van der Waals surface area contributed by atoms with Crippen LogP contribution in [0.2, 0.25) is 0 Å². The SMILES string of the molecule is C[C@@H]([C@H]1CC[C@H]2[C@@H]3CC[C@H]4C[C@@H](N(C)C(=O)c5ccccc5)CC[C@]4(C)[C@H]3CC[C@]12C)N(C)C. The van der Waals surface area contributed by atoms with Gasteiger partial charge in [0.05, 0.1) is 0 Å². The largest absolute Gasteiger partial charge is 0.339 e. The minimum absolute atomic E-state index is 0.198. The first-order chi connectivity index (χ1) is 16.2. The Kier molecular flexibility index (Phi) is 6.41. The zero-order chi connectivity index (χ0) is 24.3. The quantitative estimate of drug-likeness (QED) is 0.493. The van der Waals surface area contributed by atoms with E-state index >= 15 is 0 Å². The summed E-state index contributed by atoms with van der Waals surface area (Å²) in [5.41, 5.74) is 1.84. The maximum absolute atomic E-state index is 13.1. The molecule has 5 rings (SSSR count). The second-order valence-corrected chi connectivity index (χ2v) is 13.3. The van der Waals surface area contributed by atoms with Crippen LogP contribution in [0.4, 0.5) is 0 Å². The van der Waals surface area contributed by atoms with E-state index in [9.17, 15) is 4.79 Å². The topological polar surface area (TPSA) is 23.6 Å². The van der Waals surface area contributed by atoms with Crippen LogP contribution in [0.1, 0.15) is 88.9 Å². The molecule has 0 heterocycles. The maximum Gasteiger partial charge on any atom is 0.253 e. The fourth-order valence-corrected chi connectivity index (χ4v) is 9.73. The molecule has 3 nitrogen and oxygen atoms in total. The summed E-state index contributed by atoms with van der Waals surface area (Å²) in [6.07, 6.45) is 12.2. The van der Waals surface area contributed by atoms with E-state index in [-0.39, 0.29) is 5.91 Å². The van der Waals surface area contributed by atoms with E-state index in [4.69, 9.17) is 0 Å². The molecule has 34 heavy (non-hydrogen) atoms. The van der Waals surface area contributed by atoms with Crippen LogP contribution in [0.15, 0.2) is 30.3 Å². The van der Waals surface area contributed by atoms with Crippen LogP contribution in [-0.2, 0) is 0 Å². The fourth-order valence-electron chi connectivity index (χ4n) is 9.73. The van der Waals surface area contributed by atoms with Crippen molar-refractivity contribution in [3.8, 4) is 0 Å². The zero-order valence-electron chi connectivity index (χ0n) is 22.6. The molecule has 4 saturated carbocycles. The summed E-state index contributed by atoms with van der Waals surface area (Å²) in [4.78, 5) is 17.7. The molecule has 0 N–H and O–H groups in total. The second kappa shape index (κ2) is 8.95. The van der Waals surface area contributed by atoms with Crippen LogP contribution >= 0.6 is 0 Å². The highest BCUT2D eigenvalue weighted by Gasteiger charge is 2.61. The first-order valence-electron chi connectivity index (χ1n) is 14.2. The molecule has 1 aromatic rings. The molecule has 0 unspecified atom stereocenters. The highest BCUT2D eigenvalue weighted by Crippen LogP contribution is 2.68. The first-order valence-corrected chi connectivity index (χ1v) is 14.2. The number of amides is 1. The van der Waals surface area contributed by atoms with Crippen LogP contribution in [-0.4, -0.2) is 48.9 Å². The minimum atomic E-state index is 0.198. The van der Waals surface area contributed by atoms with E-state index in [1.54, 1.807) is 0 Å². The van der Waals surface area contributed by atoms with Crippen molar-refractivity contribution in [2.24, 2.45) is 40.4 Å². The van der Waals surface area contributed by atoms with E-state index < -0.39 is 0 Å². The third kappa shape index (κ3) is 3.76. The Morgan fingerprint density at radius 3 is 2.26 bits per heavy atom. The van der Waals surface area contributed by atoms with Gasteiger partial charge in [-0.1, -0.05) is 32.0 Å². The molecular formula is C31H48N2O. The summed E-state index contributed by atoms with van der Waals surface area (Å²) in [7, 11) is 6.60. The lowest BCUT2D eigenvalue weighted by Crippen LogP contribution is -2.56. The Morgan fingerprint density at radius 2 is 1.56 bits per heavy atom. The Morgan fingerprint density at radius 1 is 0.882 bits per heavy atom. The Bertz CT molecular complexity index is 883. The summed E-state index contributed by atoms with van der Waals surface area (Å²) >= 11 is 0. The summed E-state index contributed by atoms with van der Waals surface area (Å²) in [5.74, 6) is 4.58. The van der Waals surface area contributed by atoms with E-state index in [1.807, 2.05) is 37.4 Å². The smallest absolute Gasteiger partial charge is 0.253 e. The number of hydrogen-bond acceptors (Lipinski definition) is 2. The number of hydrogen-bond donors (Lipinski definition) is 0. The molecule has 0 aromatic heterocycles. The van der Waals surface area contributed by atoms with Crippen LogP contribution in [0.3, 0.4) is 0 Å². The first kappa shape index (κ1) is 24.3. The van der Waals surface area contributed by atoms with Crippen molar-refractivity contribution in [2.75, 3.05) is 21.1 Å². The highest BCUT2D eigenvalue weighted by molar-refractivity contribution is 5.94. The lowest BCUT2D eigenvalue weighted by molar-refractivity contribution is -0.122. The third-order valence-corrected chi connectivity index (χ3v) is 12.0. The summed E-state index contributed by atoms with van der Waals surface area (Å²) < 4.78 is 0. The molecule has 4 aliphatic carbocycles. The molecule has 188 valence electrons. The molecule has 1 amide bonds. The number of fused-ring (bicyclic) bond motifs is 5. The average Bonchev–Trinajstić information content (AvgIpc) is 3.19. The van der Waals surface area contributed by atoms with Gasteiger partial charge < -0.3 is 9.80 Å². The van der Waals surface area contributed by atoms with Gasteiger partial charge in [0.25, 0.3) is 5.91 Å². The Balaban J connectivity index is 1.30. The van der Waals surface area contributed by atoms with Crippen LogP contribution in [0, 0.1) is 40.4 Å². The second-order valence-electron chi connectivity index (χ2n) is 13.3. The predicted molar refractivity (Wildman–Crippen MR) is 141 cm³/mol. The van der Waals surface area contributed by atoms with Gasteiger partial charge in [-0.15, -0.1) is 0 Å². The Hall–Kier alpha value is -1.35. The van der Waals surface area contributed by atoms with Crippen molar-refractivity contribution in [3.63, 3.8) is 0 Å². The van der Waals surface area contributed by atoms with Crippen molar-refractivity contribution >= 4 is 5.91 Å². The number of benzene rings is 1. The number of rotatable bonds is 4. The van der Waals surface area contributed by atoms with Gasteiger partial charge >= 0.3 is 0 Å². The van der Waals surface area contributed by atoms with Crippen molar-refractivity contribution in [1.29, 1.82) is 0 Å². The van der Waals surface area contributed by atoms with E-state index in [0.717, 1.165) is 35.2 Å². The molecule has 1 aromatic carbocycles. The van der Waals surface area contributed by atoms with Gasteiger partial charge in [-0.2, -0.15) is 0 Å². The van der Waals surface area contributed by atoms with Gasteiger partial charge in [-0.3, -0.25) is 4.79 Å². The van der Waals surface area contributed by atoms with Gasteiger partial charge in [-0.05, 0) is 131 Å². The average molecular weight is 465 g/mol. The van der Waals surface area contributed by atoms with Gasteiger partial charge in [0.2, 0.25) is 0 Å². The number of carbonyl (C=O) groups is 1. The Labute approximate surface area is 208 Å². The van der Waals surface area contributed by atoms with Gasteiger partial charge in [-0.25, -0.2) is 0 Å². The number of nitrogens with zero attached hydrogens (tertiary/aromatic N) is 2. The fraction of sp³-hybridized carbons (Fsp3) is 0.774. The van der Waals surface area contributed by atoms with E-state index in [1.165, 1.54) is 57.8 Å². The lowest BCUT2D eigenvalue weighted by atomic mass is 9.44. The van der Waals surface area contributed by atoms with Gasteiger partial charge in [0.15, 0.2) is 0 Å². The van der Waals surface area contributed by atoms with Gasteiger partial charge in [0.1, 0.15) is 0 Å². The molecule has 0 bridgehead atoms. The summed E-state index contributed by atoms with van der Waals surface area (Å²) in [6, 6.07) is 10.9. The van der Waals surface area contributed by atoms with E-state index in [0.29, 0.717) is 22.9 Å². The van der Waals surface area contributed by atoms with Crippen LogP contribution in [0.5, 0.6) is 0 Å². The van der Waals surface area contributed by atoms with Crippen molar-refractivity contribution in [2.45, 2.75) is 90.6 Å². The molecule has 0 radical (unpaired) electrons. The standard InChI is InChI=1S/C31H48N2O/c1-21(32(4)5)26-14-15-27-25-13-12-23-20-24(33(6)29(34)22-10-8-7-9-11-22)16-18-30(23,2)28(25)17-19-31(26,27)3/h7-11,21,23-28H,12-20H2,1-6H3/t21-,23-,24-,25-,26+,27-,28-,30-,31+/m0/s1. The van der Waals surface area contributed by atoms with Gasteiger partial charge in [0, 0.05) is 24.7 Å². The molecule has 0 saturated heterocycles. The number of carbonyl (C=O) groups excluding carboxylic acids is 1. The summed E-state index contributed by atoms with van der Waals surface area (Å²) in [6.45, 7) is 7.79. The third-order valence-electron chi connectivity index (χ3n) is 12.0.